The molecule has 0 bridgehead atoms. The summed E-state index contributed by atoms with van der Waals surface area (Å²) in [5.74, 6) is 0.210. The molecule has 1 aliphatic rings. The lowest BCUT2D eigenvalue weighted by molar-refractivity contribution is -0.142. The van der Waals surface area contributed by atoms with E-state index in [1.807, 2.05) is 24.3 Å². The van der Waals surface area contributed by atoms with Crippen molar-refractivity contribution < 1.29 is 14.6 Å². The molecule has 1 aromatic carbocycles. The largest absolute Gasteiger partial charge is 0.496 e. The molecule has 0 aliphatic heterocycles. The minimum atomic E-state index is -0.687. The van der Waals surface area contributed by atoms with E-state index in [0.717, 1.165) is 24.2 Å². The van der Waals surface area contributed by atoms with Gasteiger partial charge in [-0.05, 0) is 36.8 Å². The fourth-order valence-corrected chi connectivity index (χ4v) is 2.06. The van der Waals surface area contributed by atoms with Gasteiger partial charge in [-0.25, -0.2) is 0 Å². The molecule has 86 valence electrons. The first kappa shape index (κ1) is 11.0. The van der Waals surface area contributed by atoms with Crippen molar-refractivity contribution in [2.75, 3.05) is 7.11 Å². The Hall–Kier alpha value is -1.51. The fraction of sp³-hybridized carbons (Fsp3) is 0.462. The Morgan fingerprint density at radius 2 is 2.19 bits per heavy atom. The van der Waals surface area contributed by atoms with Crippen molar-refractivity contribution in [3.05, 3.63) is 29.8 Å². The van der Waals surface area contributed by atoms with Crippen LogP contribution in [0.15, 0.2) is 24.3 Å². The van der Waals surface area contributed by atoms with Gasteiger partial charge in [-0.2, -0.15) is 0 Å². The monoisotopic (exact) mass is 220 g/mol. The summed E-state index contributed by atoms with van der Waals surface area (Å²) in [4.78, 5) is 11.1. The molecule has 0 radical (unpaired) electrons. The van der Waals surface area contributed by atoms with Crippen molar-refractivity contribution in [3.63, 3.8) is 0 Å². The number of aliphatic carboxylic acids is 1. The molecule has 16 heavy (non-hydrogen) atoms. The predicted octanol–water partition coefficient (Wildman–Crippen LogP) is 2.35. The molecule has 0 aromatic heterocycles. The molecule has 0 spiro atoms. The molecule has 0 heterocycles. The van der Waals surface area contributed by atoms with Crippen molar-refractivity contribution in [3.8, 4) is 5.75 Å². The number of ether oxygens (including phenoxy) is 1. The van der Waals surface area contributed by atoms with Crippen LogP contribution in [0.1, 0.15) is 18.4 Å². The van der Waals surface area contributed by atoms with Crippen molar-refractivity contribution in [1.82, 2.24) is 0 Å². The van der Waals surface area contributed by atoms with E-state index in [4.69, 9.17) is 9.84 Å². The molecular weight excluding hydrogens is 204 g/mol. The number of rotatable bonds is 5. The highest BCUT2D eigenvalue weighted by molar-refractivity contribution is 5.71. The Balaban J connectivity index is 2.14. The van der Waals surface area contributed by atoms with Crippen molar-refractivity contribution in [1.29, 1.82) is 0 Å². The second-order valence-corrected chi connectivity index (χ2v) is 4.30. The number of para-hydroxylation sites is 1. The molecular formula is C13H16O3. The summed E-state index contributed by atoms with van der Waals surface area (Å²) in [7, 11) is 1.62. The maximum atomic E-state index is 11.1. The molecule has 1 saturated carbocycles. The first-order chi connectivity index (χ1) is 7.72. The van der Waals surface area contributed by atoms with E-state index in [-0.39, 0.29) is 5.92 Å². The zero-order chi connectivity index (χ0) is 11.5. The van der Waals surface area contributed by atoms with Gasteiger partial charge in [0.15, 0.2) is 0 Å². The zero-order valence-corrected chi connectivity index (χ0v) is 9.35. The summed E-state index contributed by atoms with van der Waals surface area (Å²) in [6.07, 6.45) is 2.67. The van der Waals surface area contributed by atoms with Gasteiger partial charge in [-0.3, -0.25) is 4.79 Å². The quantitative estimate of drug-likeness (QED) is 0.828. The highest BCUT2D eigenvalue weighted by Crippen LogP contribution is 2.39. The Kier molecular flexibility index (Phi) is 3.13. The second kappa shape index (κ2) is 4.56. The molecule has 1 atom stereocenters. The average Bonchev–Trinajstić information content (AvgIpc) is 3.10. The first-order valence-electron chi connectivity index (χ1n) is 5.57. The van der Waals surface area contributed by atoms with E-state index < -0.39 is 5.97 Å². The molecule has 1 unspecified atom stereocenters. The van der Waals surface area contributed by atoms with Gasteiger partial charge in [-0.1, -0.05) is 18.2 Å². The fourth-order valence-electron chi connectivity index (χ4n) is 2.06. The lowest BCUT2D eigenvalue weighted by atomic mass is 9.94. The highest BCUT2D eigenvalue weighted by Gasteiger charge is 2.36. The Morgan fingerprint density at radius 1 is 1.50 bits per heavy atom. The predicted molar refractivity (Wildman–Crippen MR) is 60.5 cm³/mol. The number of carbonyl (C=O) groups is 1. The van der Waals surface area contributed by atoms with Crippen molar-refractivity contribution in [2.45, 2.75) is 19.3 Å². The molecule has 1 aliphatic carbocycles. The normalized spacial score (nSPS) is 16.8. The van der Waals surface area contributed by atoms with Gasteiger partial charge in [0, 0.05) is 0 Å². The standard InChI is InChI=1S/C13H16O3/c1-16-12-5-3-2-4-10(12)8-11(13(14)15)9-6-7-9/h2-5,9,11H,6-8H2,1H3,(H,14,15). The van der Waals surface area contributed by atoms with E-state index in [1.54, 1.807) is 7.11 Å². The third-order valence-corrected chi connectivity index (χ3v) is 3.14. The summed E-state index contributed by atoms with van der Waals surface area (Å²) in [6.45, 7) is 0. The van der Waals surface area contributed by atoms with Gasteiger partial charge in [0.1, 0.15) is 5.75 Å². The number of benzene rings is 1. The lowest BCUT2D eigenvalue weighted by Gasteiger charge is -2.13. The van der Waals surface area contributed by atoms with E-state index in [0.29, 0.717) is 12.3 Å². The maximum absolute atomic E-state index is 11.1. The summed E-state index contributed by atoms with van der Waals surface area (Å²) in [6, 6.07) is 7.64. The molecule has 0 amide bonds. The van der Waals surface area contributed by atoms with Gasteiger partial charge in [0.05, 0.1) is 13.0 Å². The maximum Gasteiger partial charge on any atom is 0.307 e. The molecule has 1 aromatic rings. The van der Waals surface area contributed by atoms with Gasteiger partial charge < -0.3 is 9.84 Å². The molecule has 1 fully saturated rings. The highest BCUT2D eigenvalue weighted by atomic mass is 16.5. The van der Waals surface area contributed by atoms with Crippen LogP contribution in [0.5, 0.6) is 5.75 Å². The van der Waals surface area contributed by atoms with Gasteiger partial charge in [0.25, 0.3) is 0 Å². The first-order valence-corrected chi connectivity index (χ1v) is 5.57. The number of hydrogen-bond acceptors (Lipinski definition) is 2. The van der Waals surface area contributed by atoms with Crippen LogP contribution in [0.2, 0.25) is 0 Å². The van der Waals surface area contributed by atoms with Crippen LogP contribution in [0, 0.1) is 11.8 Å². The minimum absolute atomic E-state index is 0.253. The van der Waals surface area contributed by atoms with Gasteiger partial charge in [-0.15, -0.1) is 0 Å². The van der Waals surface area contributed by atoms with Crippen LogP contribution in [0.25, 0.3) is 0 Å². The minimum Gasteiger partial charge on any atom is -0.496 e. The van der Waals surface area contributed by atoms with E-state index in [1.165, 1.54) is 0 Å². The third-order valence-electron chi connectivity index (χ3n) is 3.14. The summed E-state index contributed by atoms with van der Waals surface area (Å²) < 4.78 is 5.23. The van der Waals surface area contributed by atoms with E-state index >= 15 is 0 Å². The van der Waals surface area contributed by atoms with Crippen LogP contribution in [-0.4, -0.2) is 18.2 Å². The molecule has 0 saturated heterocycles. The SMILES string of the molecule is COc1ccccc1CC(C(=O)O)C1CC1. The molecule has 2 rings (SSSR count). The second-order valence-electron chi connectivity index (χ2n) is 4.30. The molecule has 1 N–H and O–H groups in total. The lowest BCUT2D eigenvalue weighted by Crippen LogP contribution is -2.18. The van der Waals surface area contributed by atoms with Crippen LogP contribution < -0.4 is 4.74 Å². The van der Waals surface area contributed by atoms with Gasteiger partial charge in [0.2, 0.25) is 0 Å². The molecule has 3 nitrogen and oxygen atoms in total. The number of carboxylic acid groups (broad SMARTS) is 1. The van der Waals surface area contributed by atoms with Crippen LogP contribution in [0.3, 0.4) is 0 Å². The van der Waals surface area contributed by atoms with Crippen molar-refractivity contribution >= 4 is 5.97 Å². The number of methoxy groups -OCH3 is 1. The smallest absolute Gasteiger partial charge is 0.307 e. The van der Waals surface area contributed by atoms with Gasteiger partial charge >= 0.3 is 5.97 Å². The van der Waals surface area contributed by atoms with Crippen LogP contribution in [-0.2, 0) is 11.2 Å². The summed E-state index contributed by atoms with van der Waals surface area (Å²) in [5, 5.41) is 9.17. The van der Waals surface area contributed by atoms with E-state index in [2.05, 4.69) is 0 Å². The van der Waals surface area contributed by atoms with Crippen LogP contribution in [0.4, 0.5) is 0 Å². The molecule has 3 heteroatoms. The summed E-state index contributed by atoms with van der Waals surface area (Å²) >= 11 is 0. The van der Waals surface area contributed by atoms with E-state index in [9.17, 15) is 4.79 Å². The zero-order valence-electron chi connectivity index (χ0n) is 9.35. The number of hydrogen-bond donors (Lipinski definition) is 1. The average molecular weight is 220 g/mol. The van der Waals surface area contributed by atoms with Crippen LogP contribution >= 0.6 is 0 Å². The Morgan fingerprint density at radius 3 is 2.75 bits per heavy atom. The Labute approximate surface area is 95.0 Å². The Bertz CT molecular complexity index is 383. The topological polar surface area (TPSA) is 46.5 Å². The summed E-state index contributed by atoms with van der Waals surface area (Å²) in [5.41, 5.74) is 0.990. The third kappa shape index (κ3) is 2.35. The van der Waals surface area contributed by atoms with Crippen molar-refractivity contribution in [2.24, 2.45) is 11.8 Å². The number of carboxylic acids is 1.